The van der Waals surface area contributed by atoms with Crippen molar-refractivity contribution in [2.45, 2.75) is 89.2 Å². The summed E-state index contributed by atoms with van der Waals surface area (Å²) in [5, 5.41) is 8.38. The van der Waals surface area contributed by atoms with Gasteiger partial charge in [0.1, 0.15) is 11.8 Å². The maximum Gasteiger partial charge on any atom is 0.331 e. The summed E-state index contributed by atoms with van der Waals surface area (Å²) in [7, 11) is 0. The summed E-state index contributed by atoms with van der Waals surface area (Å²) in [5.74, 6) is -0.257. The highest BCUT2D eigenvalue weighted by Crippen LogP contribution is 2.27. The fourth-order valence-electron chi connectivity index (χ4n) is 3.78. The van der Waals surface area contributed by atoms with Gasteiger partial charge in [-0.3, -0.25) is 0 Å². The largest absolute Gasteiger partial charge is 0.459 e. The summed E-state index contributed by atoms with van der Waals surface area (Å²) in [4.78, 5) is 12.0. The third kappa shape index (κ3) is 5.18. The first-order valence-electron chi connectivity index (χ1n) is 9.62. The van der Waals surface area contributed by atoms with E-state index in [1.165, 1.54) is 57.4 Å². The fraction of sp³-hybridized carbons (Fsp3) is 0.737. The van der Waals surface area contributed by atoms with E-state index in [2.05, 4.69) is 10.3 Å². The van der Waals surface area contributed by atoms with Gasteiger partial charge in [-0.1, -0.05) is 43.7 Å². The zero-order valence-corrected chi connectivity index (χ0v) is 14.5. The number of carbonyl (C=O) groups is 1. The molecule has 3 rings (SSSR count). The maximum absolute atomic E-state index is 12.0. The van der Waals surface area contributed by atoms with E-state index in [4.69, 9.17) is 4.74 Å². The molecular formula is C19H29N3O2. The van der Waals surface area contributed by atoms with Crippen molar-refractivity contribution in [3.63, 3.8) is 0 Å². The van der Waals surface area contributed by atoms with Gasteiger partial charge < -0.3 is 4.74 Å². The van der Waals surface area contributed by atoms with Crippen LogP contribution in [-0.4, -0.2) is 27.1 Å². The molecule has 2 saturated carbocycles. The number of nitrogens with zero attached hydrogens (tertiary/aromatic N) is 3. The summed E-state index contributed by atoms with van der Waals surface area (Å²) in [6.45, 7) is 0. The molecule has 5 nitrogen and oxygen atoms in total. The summed E-state index contributed by atoms with van der Waals surface area (Å²) in [6, 6.07) is 0.468. The zero-order valence-electron chi connectivity index (χ0n) is 14.5. The fourth-order valence-corrected chi connectivity index (χ4v) is 3.78. The molecule has 132 valence electrons. The number of aromatic nitrogens is 3. The summed E-state index contributed by atoms with van der Waals surface area (Å²) >= 11 is 0. The molecule has 0 aliphatic heterocycles. The van der Waals surface area contributed by atoms with E-state index in [1.807, 2.05) is 10.9 Å². The molecule has 0 radical (unpaired) electrons. The van der Waals surface area contributed by atoms with Crippen molar-refractivity contribution in [2.24, 2.45) is 0 Å². The van der Waals surface area contributed by atoms with Gasteiger partial charge >= 0.3 is 5.97 Å². The molecule has 1 heterocycles. The lowest BCUT2D eigenvalue weighted by Gasteiger charge is -2.20. The summed E-state index contributed by atoms with van der Waals surface area (Å²) < 4.78 is 7.55. The Kier molecular flexibility index (Phi) is 6.44. The van der Waals surface area contributed by atoms with Crippen LogP contribution in [0.5, 0.6) is 0 Å². The Morgan fingerprint density at radius 2 is 1.62 bits per heavy atom. The minimum atomic E-state index is -0.257. The number of esters is 1. The van der Waals surface area contributed by atoms with E-state index < -0.39 is 0 Å². The average Bonchev–Trinajstić information content (AvgIpc) is 3.05. The molecule has 0 unspecified atom stereocenters. The highest BCUT2D eigenvalue weighted by Gasteiger charge is 2.17. The van der Waals surface area contributed by atoms with Crippen LogP contribution < -0.4 is 0 Å². The van der Waals surface area contributed by atoms with E-state index in [9.17, 15) is 4.79 Å². The molecule has 5 heteroatoms. The number of hydrogen-bond acceptors (Lipinski definition) is 4. The number of hydrogen-bond donors (Lipinski definition) is 0. The number of carbonyl (C=O) groups excluding carboxylic acids is 1. The Labute approximate surface area is 144 Å². The minimum absolute atomic E-state index is 0.0837. The van der Waals surface area contributed by atoms with Crippen LogP contribution in [0.3, 0.4) is 0 Å². The molecule has 2 fully saturated rings. The standard InChI is InChI=1S/C19H29N3O2/c23-19(24-18-11-7-2-1-3-8-12-18)14-13-16-15-22(21-20-16)17-9-5-4-6-10-17/h13-15,17-18H,1-12H2/b14-13+. The van der Waals surface area contributed by atoms with Crippen molar-refractivity contribution in [1.82, 2.24) is 15.0 Å². The zero-order chi connectivity index (χ0) is 16.6. The minimum Gasteiger partial charge on any atom is -0.459 e. The molecule has 24 heavy (non-hydrogen) atoms. The first-order valence-corrected chi connectivity index (χ1v) is 9.62. The molecule has 0 N–H and O–H groups in total. The van der Waals surface area contributed by atoms with Crippen molar-refractivity contribution >= 4 is 12.0 Å². The van der Waals surface area contributed by atoms with E-state index in [0.29, 0.717) is 6.04 Å². The van der Waals surface area contributed by atoms with Gasteiger partial charge in [0.2, 0.25) is 0 Å². The van der Waals surface area contributed by atoms with Crippen LogP contribution >= 0.6 is 0 Å². The second-order valence-electron chi connectivity index (χ2n) is 7.15. The third-order valence-electron chi connectivity index (χ3n) is 5.20. The highest BCUT2D eigenvalue weighted by atomic mass is 16.5. The van der Waals surface area contributed by atoms with E-state index in [-0.39, 0.29) is 12.1 Å². The lowest BCUT2D eigenvalue weighted by atomic mass is 9.96. The summed E-state index contributed by atoms with van der Waals surface area (Å²) in [5.41, 5.74) is 0.732. The van der Waals surface area contributed by atoms with Crippen LogP contribution in [0.25, 0.3) is 6.08 Å². The second-order valence-corrected chi connectivity index (χ2v) is 7.15. The number of rotatable bonds is 4. The first kappa shape index (κ1) is 17.2. The molecule has 1 aromatic heterocycles. The van der Waals surface area contributed by atoms with Crippen molar-refractivity contribution < 1.29 is 9.53 Å². The summed E-state index contributed by atoms with van der Waals surface area (Å²) in [6.07, 6.45) is 19.6. The SMILES string of the molecule is O=C(/C=C/c1cn(C2CCCCC2)nn1)OC1CCCCCCC1. The predicted octanol–water partition coefficient (Wildman–Crippen LogP) is 4.45. The van der Waals surface area contributed by atoms with Crippen LogP contribution in [0.2, 0.25) is 0 Å². The van der Waals surface area contributed by atoms with Gasteiger partial charge in [0, 0.05) is 6.08 Å². The van der Waals surface area contributed by atoms with Gasteiger partial charge in [-0.2, -0.15) is 0 Å². The van der Waals surface area contributed by atoms with Crippen LogP contribution in [0.1, 0.15) is 88.8 Å². The van der Waals surface area contributed by atoms with E-state index >= 15 is 0 Å². The Balaban J connectivity index is 1.49. The van der Waals surface area contributed by atoms with Crippen molar-refractivity contribution in [2.75, 3.05) is 0 Å². The van der Waals surface area contributed by atoms with Crippen LogP contribution in [0.4, 0.5) is 0 Å². The molecule has 1 aromatic rings. The molecule has 0 spiro atoms. The third-order valence-corrected chi connectivity index (χ3v) is 5.20. The Morgan fingerprint density at radius 1 is 1.00 bits per heavy atom. The smallest absolute Gasteiger partial charge is 0.331 e. The van der Waals surface area contributed by atoms with Crippen LogP contribution in [-0.2, 0) is 9.53 Å². The van der Waals surface area contributed by atoms with Crippen molar-refractivity contribution in [3.8, 4) is 0 Å². The molecule has 2 aliphatic carbocycles. The maximum atomic E-state index is 12.0. The normalized spacial score (nSPS) is 21.5. The molecular weight excluding hydrogens is 302 g/mol. The Morgan fingerprint density at radius 3 is 2.38 bits per heavy atom. The lowest BCUT2D eigenvalue weighted by Crippen LogP contribution is -2.18. The monoisotopic (exact) mass is 331 g/mol. The lowest BCUT2D eigenvalue weighted by molar-refractivity contribution is -0.143. The van der Waals surface area contributed by atoms with Crippen molar-refractivity contribution in [3.05, 3.63) is 18.0 Å². The second kappa shape index (κ2) is 9.00. The van der Waals surface area contributed by atoms with Gasteiger partial charge in [-0.25, -0.2) is 9.48 Å². The first-order chi connectivity index (χ1) is 11.8. The van der Waals surface area contributed by atoms with E-state index in [1.54, 1.807) is 6.08 Å². The van der Waals surface area contributed by atoms with Gasteiger partial charge in [-0.05, 0) is 44.6 Å². The molecule has 0 saturated heterocycles. The van der Waals surface area contributed by atoms with E-state index in [0.717, 1.165) is 31.4 Å². The van der Waals surface area contributed by atoms with Gasteiger partial charge in [-0.15, -0.1) is 5.10 Å². The Hall–Kier alpha value is -1.65. The highest BCUT2D eigenvalue weighted by molar-refractivity contribution is 5.86. The van der Waals surface area contributed by atoms with Gasteiger partial charge in [0.25, 0.3) is 0 Å². The average molecular weight is 331 g/mol. The van der Waals surface area contributed by atoms with Gasteiger partial charge in [0.15, 0.2) is 0 Å². The molecule has 0 bridgehead atoms. The van der Waals surface area contributed by atoms with Crippen LogP contribution in [0.15, 0.2) is 12.3 Å². The molecule has 0 atom stereocenters. The molecule has 0 aromatic carbocycles. The topological polar surface area (TPSA) is 57.0 Å². The molecule has 0 amide bonds. The predicted molar refractivity (Wildman–Crippen MR) is 93.4 cm³/mol. The molecule has 2 aliphatic rings. The Bertz CT molecular complexity index is 539. The van der Waals surface area contributed by atoms with Gasteiger partial charge in [0.05, 0.1) is 12.2 Å². The number of ether oxygens (including phenoxy) is 1. The van der Waals surface area contributed by atoms with Crippen molar-refractivity contribution in [1.29, 1.82) is 0 Å². The van der Waals surface area contributed by atoms with Crippen LogP contribution in [0, 0.1) is 0 Å². The quantitative estimate of drug-likeness (QED) is 0.604.